The summed E-state index contributed by atoms with van der Waals surface area (Å²) in [4.78, 5) is 16.2. The van der Waals surface area contributed by atoms with Crippen molar-refractivity contribution in [1.29, 1.82) is 0 Å². The van der Waals surface area contributed by atoms with Crippen LogP contribution >= 0.6 is 0 Å². The van der Waals surface area contributed by atoms with E-state index in [1.54, 1.807) is 6.20 Å². The molecule has 2 aromatic rings. The number of hydrogen-bond acceptors (Lipinski definition) is 3. The molecule has 1 aromatic heterocycles. The highest BCUT2D eigenvalue weighted by molar-refractivity contribution is 5.93. The third kappa shape index (κ3) is 4.31. The Balaban J connectivity index is 1.86. The smallest absolute Gasteiger partial charge is 0.224 e. The standard InChI is InChI=1S/C16H21N3O/c1-12(2)17-9-5-8-16(20)19-14-10-13-6-3-4-7-15(13)18-11-14/h3-4,6-7,10-12,17H,5,8-9H2,1-2H3,(H,19,20). The normalized spacial score (nSPS) is 10.9. The number of rotatable bonds is 6. The first-order chi connectivity index (χ1) is 9.65. The van der Waals surface area contributed by atoms with Crippen LogP contribution in [0.5, 0.6) is 0 Å². The number of carbonyl (C=O) groups is 1. The minimum atomic E-state index is 0.0348. The van der Waals surface area contributed by atoms with Crippen molar-refractivity contribution >= 4 is 22.5 Å². The van der Waals surface area contributed by atoms with Gasteiger partial charge in [0.1, 0.15) is 0 Å². The molecule has 2 N–H and O–H groups in total. The fraction of sp³-hybridized carbons (Fsp3) is 0.375. The molecule has 0 bridgehead atoms. The molecule has 0 atom stereocenters. The van der Waals surface area contributed by atoms with E-state index in [0.717, 1.165) is 29.6 Å². The third-order valence-electron chi connectivity index (χ3n) is 3.01. The van der Waals surface area contributed by atoms with E-state index in [1.807, 2.05) is 30.3 Å². The molecule has 20 heavy (non-hydrogen) atoms. The second kappa shape index (κ2) is 7.01. The fourth-order valence-electron chi connectivity index (χ4n) is 2.00. The van der Waals surface area contributed by atoms with Crippen molar-refractivity contribution in [3.63, 3.8) is 0 Å². The van der Waals surface area contributed by atoms with Gasteiger partial charge in [-0.25, -0.2) is 0 Å². The lowest BCUT2D eigenvalue weighted by Gasteiger charge is -2.08. The predicted molar refractivity (Wildman–Crippen MR) is 82.7 cm³/mol. The Morgan fingerprint density at radius 3 is 2.90 bits per heavy atom. The van der Waals surface area contributed by atoms with E-state index in [2.05, 4.69) is 29.5 Å². The largest absolute Gasteiger partial charge is 0.325 e. The number of hydrogen-bond donors (Lipinski definition) is 2. The summed E-state index contributed by atoms with van der Waals surface area (Å²) in [5, 5.41) is 7.22. The maximum absolute atomic E-state index is 11.8. The van der Waals surface area contributed by atoms with E-state index >= 15 is 0 Å². The Labute approximate surface area is 119 Å². The van der Waals surface area contributed by atoms with Crippen LogP contribution in [0.3, 0.4) is 0 Å². The van der Waals surface area contributed by atoms with Gasteiger partial charge >= 0.3 is 0 Å². The zero-order valence-corrected chi connectivity index (χ0v) is 12.0. The molecule has 106 valence electrons. The zero-order chi connectivity index (χ0) is 14.4. The van der Waals surface area contributed by atoms with Gasteiger partial charge in [0.15, 0.2) is 0 Å². The number of fused-ring (bicyclic) bond motifs is 1. The molecule has 4 heteroatoms. The molecule has 1 heterocycles. The summed E-state index contributed by atoms with van der Waals surface area (Å²) in [5.74, 6) is 0.0348. The summed E-state index contributed by atoms with van der Waals surface area (Å²) < 4.78 is 0. The van der Waals surface area contributed by atoms with Gasteiger partial charge in [-0.3, -0.25) is 9.78 Å². The van der Waals surface area contributed by atoms with Crippen LogP contribution in [0.2, 0.25) is 0 Å². The van der Waals surface area contributed by atoms with Crippen molar-refractivity contribution in [2.45, 2.75) is 32.7 Å². The molecule has 0 aliphatic rings. The Hall–Kier alpha value is -1.94. The van der Waals surface area contributed by atoms with Gasteiger partial charge in [0.25, 0.3) is 0 Å². The molecule has 4 nitrogen and oxygen atoms in total. The van der Waals surface area contributed by atoms with Gasteiger partial charge in [-0.1, -0.05) is 32.0 Å². The maximum atomic E-state index is 11.8. The molecule has 0 aliphatic carbocycles. The van der Waals surface area contributed by atoms with Gasteiger partial charge in [-0.15, -0.1) is 0 Å². The Morgan fingerprint density at radius 1 is 1.30 bits per heavy atom. The second-order valence-electron chi connectivity index (χ2n) is 5.18. The van der Waals surface area contributed by atoms with Crippen molar-refractivity contribution in [1.82, 2.24) is 10.3 Å². The molecule has 0 radical (unpaired) electrons. The van der Waals surface area contributed by atoms with Crippen LogP contribution in [0.15, 0.2) is 36.5 Å². The third-order valence-corrected chi connectivity index (χ3v) is 3.01. The number of para-hydroxylation sites is 1. The quantitative estimate of drug-likeness (QED) is 0.794. The Morgan fingerprint density at radius 2 is 2.10 bits per heavy atom. The molecule has 0 saturated carbocycles. The molecule has 0 spiro atoms. The van der Waals surface area contributed by atoms with E-state index in [4.69, 9.17) is 0 Å². The molecule has 1 aromatic carbocycles. The number of pyridine rings is 1. The summed E-state index contributed by atoms with van der Waals surface area (Å²) in [7, 11) is 0. The fourth-order valence-corrected chi connectivity index (χ4v) is 2.00. The lowest BCUT2D eigenvalue weighted by atomic mass is 10.2. The highest BCUT2D eigenvalue weighted by Gasteiger charge is 2.04. The molecule has 2 rings (SSSR count). The van der Waals surface area contributed by atoms with Crippen LogP contribution in [0, 0.1) is 0 Å². The van der Waals surface area contributed by atoms with Crippen molar-refractivity contribution in [3.8, 4) is 0 Å². The van der Waals surface area contributed by atoms with E-state index < -0.39 is 0 Å². The van der Waals surface area contributed by atoms with Gasteiger partial charge in [-0.2, -0.15) is 0 Å². The van der Waals surface area contributed by atoms with Crippen LogP contribution in [0.1, 0.15) is 26.7 Å². The van der Waals surface area contributed by atoms with Gasteiger partial charge in [0.05, 0.1) is 17.4 Å². The van der Waals surface area contributed by atoms with Crippen molar-refractivity contribution in [3.05, 3.63) is 36.5 Å². The first kappa shape index (κ1) is 14.5. The van der Waals surface area contributed by atoms with E-state index in [-0.39, 0.29) is 5.91 Å². The van der Waals surface area contributed by atoms with E-state index in [1.165, 1.54) is 0 Å². The van der Waals surface area contributed by atoms with Gasteiger partial charge < -0.3 is 10.6 Å². The van der Waals surface area contributed by atoms with Crippen molar-refractivity contribution < 1.29 is 4.79 Å². The molecule has 0 unspecified atom stereocenters. The van der Waals surface area contributed by atoms with Crippen LogP contribution < -0.4 is 10.6 Å². The highest BCUT2D eigenvalue weighted by atomic mass is 16.1. The Kier molecular flexibility index (Phi) is 5.07. The number of nitrogens with zero attached hydrogens (tertiary/aromatic N) is 1. The van der Waals surface area contributed by atoms with Gasteiger partial charge in [0, 0.05) is 17.8 Å². The lowest BCUT2D eigenvalue weighted by Crippen LogP contribution is -2.24. The SMILES string of the molecule is CC(C)NCCCC(=O)Nc1cnc2ccccc2c1. The minimum absolute atomic E-state index is 0.0348. The Bertz CT molecular complexity index is 581. The first-order valence-electron chi connectivity index (χ1n) is 7.03. The molecular formula is C16H21N3O. The lowest BCUT2D eigenvalue weighted by molar-refractivity contribution is -0.116. The summed E-state index contributed by atoms with van der Waals surface area (Å²) in [5.41, 5.74) is 1.69. The molecular weight excluding hydrogens is 250 g/mol. The minimum Gasteiger partial charge on any atom is -0.325 e. The average Bonchev–Trinajstić information content (AvgIpc) is 2.43. The van der Waals surface area contributed by atoms with Crippen LogP contribution in [0.4, 0.5) is 5.69 Å². The number of carbonyl (C=O) groups excluding carboxylic acids is 1. The number of amides is 1. The maximum Gasteiger partial charge on any atom is 0.224 e. The second-order valence-corrected chi connectivity index (χ2v) is 5.18. The van der Waals surface area contributed by atoms with Crippen molar-refractivity contribution in [2.24, 2.45) is 0 Å². The van der Waals surface area contributed by atoms with Crippen LogP contribution in [-0.4, -0.2) is 23.5 Å². The number of anilines is 1. The monoisotopic (exact) mass is 271 g/mol. The summed E-state index contributed by atoms with van der Waals surface area (Å²) >= 11 is 0. The van der Waals surface area contributed by atoms with Gasteiger partial charge in [-0.05, 0) is 25.1 Å². The van der Waals surface area contributed by atoms with E-state index in [9.17, 15) is 4.79 Å². The number of benzene rings is 1. The molecule has 0 saturated heterocycles. The first-order valence-corrected chi connectivity index (χ1v) is 7.03. The summed E-state index contributed by atoms with van der Waals surface area (Å²) in [6.45, 7) is 5.06. The molecule has 0 aliphatic heterocycles. The number of aromatic nitrogens is 1. The van der Waals surface area contributed by atoms with Crippen molar-refractivity contribution in [2.75, 3.05) is 11.9 Å². The van der Waals surface area contributed by atoms with Crippen LogP contribution in [-0.2, 0) is 4.79 Å². The molecule has 0 fully saturated rings. The van der Waals surface area contributed by atoms with Crippen LogP contribution in [0.25, 0.3) is 10.9 Å². The summed E-state index contributed by atoms with van der Waals surface area (Å²) in [6.07, 6.45) is 3.06. The highest BCUT2D eigenvalue weighted by Crippen LogP contribution is 2.16. The predicted octanol–water partition coefficient (Wildman–Crippen LogP) is 2.95. The zero-order valence-electron chi connectivity index (χ0n) is 12.0. The topological polar surface area (TPSA) is 54.0 Å². The number of nitrogens with one attached hydrogen (secondary N) is 2. The van der Waals surface area contributed by atoms with E-state index in [0.29, 0.717) is 12.5 Å². The molecule has 1 amide bonds. The summed E-state index contributed by atoms with van der Waals surface area (Å²) in [6, 6.07) is 10.3. The average molecular weight is 271 g/mol. The van der Waals surface area contributed by atoms with Gasteiger partial charge in [0.2, 0.25) is 5.91 Å².